The maximum Gasteiger partial charge on any atom is 0.288 e. The normalized spacial score (nSPS) is 10.4. The zero-order chi connectivity index (χ0) is 13.8. The summed E-state index contributed by atoms with van der Waals surface area (Å²) in [7, 11) is 0. The number of halogens is 1. The summed E-state index contributed by atoms with van der Waals surface area (Å²) in [5.74, 6) is 0.578. The first-order chi connectivity index (χ1) is 9.06. The highest BCUT2D eigenvalue weighted by atomic mass is 79.9. The molecule has 0 saturated heterocycles. The lowest BCUT2D eigenvalue weighted by molar-refractivity contribution is -0.385. The van der Waals surface area contributed by atoms with Crippen molar-refractivity contribution in [1.82, 2.24) is 14.8 Å². The van der Waals surface area contributed by atoms with Crippen molar-refractivity contribution in [1.29, 1.82) is 0 Å². The van der Waals surface area contributed by atoms with Crippen LogP contribution in [0.5, 0.6) is 0 Å². The molecule has 2 aromatic heterocycles. The number of nitrogens with zero attached hydrogens (tertiary/aromatic N) is 4. The zero-order valence-corrected chi connectivity index (χ0v) is 11.8. The van der Waals surface area contributed by atoms with Crippen LogP contribution < -0.4 is 5.32 Å². The first-order valence-electron chi connectivity index (χ1n) is 5.59. The predicted molar refractivity (Wildman–Crippen MR) is 74.0 cm³/mol. The maximum absolute atomic E-state index is 10.6. The third kappa shape index (κ3) is 3.50. The van der Waals surface area contributed by atoms with Gasteiger partial charge < -0.3 is 5.32 Å². The van der Waals surface area contributed by atoms with Crippen molar-refractivity contribution < 1.29 is 4.92 Å². The summed E-state index contributed by atoms with van der Waals surface area (Å²) in [6.45, 7) is 3.30. The molecule has 0 bridgehead atoms. The highest BCUT2D eigenvalue weighted by molar-refractivity contribution is 9.10. The van der Waals surface area contributed by atoms with Crippen molar-refractivity contribution in [3.8, 4) is 0 Å². The Labute approximate surface area is 117 Å². The van der Waals surface area contributed by atoms with Crippen LogP contribution >= 0.6 is 15.9 Å². The highest BCUT2D eigenvalue weighted by Gasteiger charge is 2.10. The number of hydrogen-bond acceptors (Lipinski definition) is 5. The van der Waals surface area contributed by atoms with Crippen LogP contribution in [-0.4, -0.2) is 26.2 Å². The van der Waals surface area contributed by atoms with E-state index in [1.54, 1.807) is 6.20 Å². The Morgan fingerprint density at radius 1 is 1.53 bits per heavy atom. The molecule has 0 amide bonds. The summed E-state index contributed by atoms with van der Waals surface area (Å²) in [6.07, 6.45) is 4.96. The fraction of sp³-hybridized carbons (Fsp3) is 0.273. The first-order valence-corrected chi connectivity index (χ1v) is 6.38. The van der Waals surface area contributed by atoms with Gasteiger partial charge in [-0.05, 0) is 28.4 Å². The topological polar surface area (TPSA) is 85.9 Å². The van der Waals surface area contributed by atoms with Crippen LogP contribution in [0, 0.1) is 17.0 Å². The molecule has 0 atom stereocenters. The number of pyridine rings is 1. The summed E-state index contributed by atoms with van der Waals surface area (Å²) < 4.78 is 2.39. The molecule has 19 heavy (non-hydrogen) atoms. The molecule has 0 saturated carbocycles. The Bertz CT molecular complexity index is 599. The minimum absolute atomic E-state index is 0.0415. The molecule has 2 rings (SSSR count). The molecule has 0 fully saturated rings. The van der Waals surface area contributed by atoms with E-state index < -0.39 is 4.92 Å². The Balaban J connectivity index is 1.94. The molecule has 0 aromatic carbocycles. The molecule has 0 radical (unpaired) electrons. The second-order valence-corrected chi connectivity index (χ2v) is 4.84. The average Bonchev–Trinajstić information content (AvgIpc) is 2.77. The van der Waals surface area contributed by atoms with E-state index in [9.17, 15) is 10.1 Å². The van der Waals surface area contributed by atoms with E-state index in [-0.39, 0.29) is 5.69 Å². The number of aryl methyl sites for hydroxylation is 1. The van der Waals surface area contributed by atoms with E-state index in [1.807, 2.05) is 17.8 Å². The van der Waals surface area contributed by atoms with Crippen LogP contribution in [0.2, 0.25) is 0 Å². The number of aromatic nitrogens is 3. The van der Waals surface area contributed by atoms with Gasteiger partial charge in [-0.25, -0.2) is 4.98 Å². The molecule has 100 valence electrons. The molecule has 0 aliphatic rings. The van der Waals surface area contributed by atoms with E-state index >= 15 is 0 Å². The average molecular weight is 326 g/mol. The zero-order valence-electron chi connectivity index (χ0n) is 10.2. The molecule has 2 aromatic rings. The van der Waals surface area contributed by atoms with Gasteiger partial charge in [0.2, 0.25) is 0 Å². The van der Waals surface area contributed by atoms with Crippen molar-refractivity contribution in [2.24, 2.45) is 0 Å². The third-order valence-corrected chi connectivity index (χ3v) is 3.04. The number of nitrogens with one attached hydrogen (secondary N) is 1. The van der Waals surface area contributed by atoms with E-state index in [0.29, 0.717) is 23.4 Å². The molecule has 0 unspecified atom stereocenters. The lowest BCUT2D eigenvalue weighted by Gasteiger charge is -2.07. The molecular weight excluding hydrogens is 314 g/mol. The monoisotopic (exact) mass is 325 g/mol. The van der Waals surface area contributed by atoms with Gasteiger partial charge in [-0.3, -0.25) is 14.8 Å². The van der Waals surface area contributed by atoms with Crippen LogP contribution in [0.3, 0.4) is 0 Å². The van der Waals surface area contributed by atoms with Gasteiger partial charge in [-0.15, -0.1) is 0 Å². The van der Waals surface area contributed by atoms with Gasteiger partial charge in [-0.1, -0.05) is 0 Å². The van der Waals surface area contributed by atoms with E-state index in [1.165, 1.54) is 12.3 Å². The van der Waals surface area contributed by atoms with Gasteiger partial charge in [0.15, 0.2) is 0 Å². The van der Waals surface area contributed by atoms with Gasteiger partial charge >= 0.3 is 0 Å². The molecular formula is C11H12BrN5O2. The molecule has 0 aliphatic carbocycles. The van der Waals surface area contributed by atoms with Crippen molar-refractivity contribution >= 4 is 27.4 Å². The Hall–Kier alpha value is -1.96. The second kappa shape index (κ2) is 5.79. The largest absolute Gasteiger partial charge is 0.367 e. The molecule has 2 heterocycles. The Kier molecular flexibility index (Phi) is 4.10. The summed E-state index contributed by atoms with van der Waals surface area (Å²) in [5.41, 5.74) is 1.06. The summed E-state index contributed by atoms with van der Waals surface area (Å²) in [6, 6.07) is 1.42. The Morgan fingerprint density at radius 2 is 2.32 bits per heavy atom. The lowest BCUT2D eigenvalue weighted by atomic mass is 10.4. The van der Waals surface area contributed by atoms with Crippen molar-refractivity contribution in [3.05, 3.63) is 44.8 Å². The van der Waals surface area contributed by atoms with Crippen LogP contribution in [0.15, 0.2) is 29.1 Å². The van der Waals surface area contributed by atoms with Gasteiger partial charge in [0.05, 0.1) is 22.1 Å². The fourth-order valence-corrected chi connectivity index (χ4v) is 2.01. The lowest BCUT2D eigenvalue weighted by Crippen LogP contribution is -2.12. The minimum Gasteiger partial charge on any atom is -0.367 e. The first kappa shape index (κ1) is 13.5. The number of rotatable bonds is 5. The quantitative estimate of drug-likeness (QED) is 0.673. The molecule has 7 nitrogen and oxygen atoms in total. The van der Waals surface area contributed by atoms with Crippen LogP contribution in [0.25, 0.3) is 0 Å². The molecule has 1 N–H and O–H groups in total. The number of hydrogen-bond donors (Lipinski definition) is 1. The minimum atomic E-state index is -0.478. The van der Waals surface area contributed by atoms with Crippen LogP contribution in [-0.2, 0) is 6.54 Å². The standard InChI is InChI=1S/C11H12BrN5O2/c1-8-5-15-16(7-8)3-2-13-11-10(12)4-9(6-14-11)17(18)19/h4-7H,2-3H2,1H3,(H,13,14). The van der Waals surface area contributed by atoms with E-state index in [4.69, 9.17) is 0 Å². The Morgan fingerprint density at radius 3 is 2.89 bits per heavy atom. The van der Waals surface area contributed by atoms with E-state index in [0.717, 1.165) is 5.56 Å². The number of nitro groups is 1. The fourth-order valence-electron chi connectivity index (χ4n) is 1.54. The van der Waals surface area contributed by atoms with Gasteiger partial charge in [0.25, 0.3) is 5.69 Å². The van der Waals surface area contributed by atoms with Crippen molar-refractivity contribution in [2.75, 3.05) is 11.9 Å². The van der Waals surface area contributed by atoms with Gasteiger partial charge in [-0.2, -0.15) is 5.10 Å². The summed E-state index contributed by atoms with van der Waals surface area (Å²) in [5, 5.41) is 17.8. The summed E-state index contributed by atoms with van der Waals surface area (Å²) in [4.78, 5) is 14.1. The highest BCUT2D eigenvalue weighted by Crippen LogP contribution is 2.24. The SMILES string of the molecule is Cc1cnn(CCNc2ncc([N+](=O)[O-])cc2Br)c1. The van der Waals surface area contributed by atoms with Gasteiger partial charge in [0.1, 0.15) is 12.0 Å². The third-order valence-electron chi connectivity index (χ3n) is 2.43. The molecule has 8 heteroatoms. The maximum atomic E-state index is 10.6. The van der Waals surface area contributed by atoms with Crippen LogP contribution in [0.1, 0.15) is 5.56 Å². The predicted octanol–water partition coefficient (Wildman–Crippen LogP) is 2.37. The second-order valence-electron chi connectivity index (χ2n) is 3.99. The number of anilines is 1. The van der Waals surface area contributed by atoms with Crippen molar-refractivity contribution in [3.63, 3.8) is 0 Å². The summed E-state index contributed by atoms with van der Waals surface area (Å²) >= 11 is 3.25. The van der Waals surface area contributed by atoms with Crippen molar-refractivity contribution in [2.45, 2.75) is 13.5 Å². The van der Waals surface area contributed by atoms with Crippen LogP contribution in [0.4, 0.5) is 11.5 Å². The van der Waals surface area contributed by atoms with Gasteiger partial charge in [0, 0.05) is 18.8 Å². The smallest absolute Gasteiger partial charge is 0.288 e. The molecule has 0 spiro atoms. The molecule has 0 aliphatic heterocycles. The van der Waals surface area contributed by atoms with E-state index in [2.05, 4.69) is 31.3 Å².